The Morgan fingerprint density at radius 2 is 1.66 bits per heavy atom. The summed E-state index contributed by atoms with van der Waals surface area (Å²) in [5.41, 5.74) is 5.37. The van der Waals surface area contributed by atoms with Crippen LogP contribution in [0.3, 0.4) is 0 Å². The first kappa shape index (κ1) is 48.6. The number of allylic oxidation sites excluding steroid dienone is 1. The second-order valence-corrected chi connectivity index (χ2v) is 18.1. The van der Waals surface area contributed by atoms with E-state index in [-0.39, 0.29) is 53.8 Å². The first-order chi connectivity index (χ1) is 32.3. The van der Waals surface area contributed by atoms with Gasteiger partial charge in [-0.05, 0) is 86.4 Å². The Hall–Kier alpha value is -6.33. The fourth-order valence-electron chi connectivity index (χ4n) is 9.96. The minimum atomic E-state index is -2.78. The number of imidazole rings is 1. The molecule has 1 aromatic heterocycles. The lowest BCUT2D eigenvalue weighted by molar-refractivity contribution is -0.136. The van der Waals surface area contributed by atoms with Crippen molar-refractivity contribution >= 4 is 63.7 Å². The summed E-state index contributed by atoms with van der Waals surface area (Å²) in [6.07, 6.45) is 10.2. The molecule has 2 aromatic carbocycles. The Morgan fingerprint density at radius 1 is 0.910 bits per heavy atom. The number of carbonyl (C=O) groups excluding carboxylic acids is 4. The molecule has 0 spiro atoms. The molecule has 2 saturated heterocycles. The standard InChI is InChI=1S/C49H65F2N11O5/c1-31(63)60-24-19-39(38(30-60)47(53)61-21-10-11-32-25-36(33(28-52)29-54-2)37(46(50)51)27-42(32)61)56-34-17-22-59(23-18-34)45(65)12-8-6-4-5-7-9-20-55-35-13-14-40-43(26-35)58(3)49(67)62(40)41-15-16-44(64)57-48(41)66/h13-14,25-29,34,41,46,52-56H,4-12,15-24,30H2,1-3H3,(H,57,64,66)/b33-29+,52-28?,53-47?. The van der Waals surface area contributed by atoms with Crippen LogP contribution in [0.15, 0.2) is 52.6 Å². The van der Waals surface area contributed by atoms with E-state index in [4.69, 9.17) is 5.41 Å². The summed E-state index contributed by atoms with van der Waals surface area (Å²) in [7, 11) is 3.34. The molecule has 2 fully saturated rings. The topological polar surface area (TPSA) is 201 Å². The number of nitrogens with zero attached hydrogens (tertiary/aromatic N) is 5. The maximum atomic E-state index is 14.5. The van der Waals surface area contributed by atoms with Crippen molar-refractivity contribution in [3.63, 3.8) is 0 Å². The summed E-state index contributed by atoms with van der Waals surface area (Å²) >= 11 is 0. The number of nitrogens with one attached hydrogen (secondary N) is 6. The molecule has 6 N–H and O–H groups in total. The molecule has 0 aliphatic carbocycles. The monoisotopic (exact) mass is 926 g/mol. The van der Waals surface area contributed by atoms with E-state index < -0.39 is 18.4 Å². The van der Waals surface area contributed by atoms with Crippen LogP contribution >= 0.6 is 0 Å². The number of amidine groups is 1. The van der Waals surface area contributed by atoms with Crippen molar-refractivity contribution in [2.24, 2.45) is 7.05 Å². The van der Waals surface area contributed by atoms with Crippen LogP contribution in [0.1, 0.15) is 120 Å². The van der Waals surface area contributed by atoms with E-state index in [1.807, 2.05) is 23.1 Å². The first-order valence-corrected chi connectivity index (χ1v) is 23.8. The van der Waals surface area contributed by atoms with Gasteiger partial charge in [-0.15, -0.1) is 0 Å². The Morgan fingerprint density at radius 3 is 2.36 bits per heavy atom. The van der Waals surface area contributed by atoms with Gasteiger partial charge in [0.15, 0.2) is 0 Å². The van der Waals surface area contributed by atoms with Crippen molar-refractivity contribution in [1.29, 1.82) is 10.8 Å². The molecule has 0 radical (unpaired) electrons. The SMILES string of the molecule is CN/C=C(\C=N)c1cc2c(cc1C(F)F)N(C(=N)C1=C(NC3CCN(C(=O)CCCCCCCCNc4ccc5c(c4)n(C)c(=O)n5C4CCC(=O)NC4=O)CC3)CCN(C(C)=O)C1)CCC2. The summed E-state index contributed by atoms with van der Waals surface area (Å²) < 4.78 is 32.1. The highest BCUT2D eigenvalue weighted by molar-refractivity contribution is 6.11. The van der Waals surface area contributed by atoms with E-state index in [9.17, 15) is 38.2 Å². The quantitative estimate of drug-likeness (QED) is 0.0376. The van der Waals surface area contributed by atoms with Gasteiger partial charge in [0, 0.05) is 125 Å². The van der Waals surface area contributed by atoms with E-state index in [1.54, 1.807) is 30.0 Å². The lowest BCUT2D eigenvalue weighted by atomic mass is 9.91. The maximum absolute atomic E-state index is 14.5. The van der Waals surface area contributed by atoms with Gasteiger partial charge in [-0.1, -0.05) is 25.7 Å². The summed E-state index contributed by atoms with van der Waals surface area (Å²) in [4.78, 5) is 68.5. The van der Waals surface area contributed by atoms with Gasteiger partial charge in [-0.2, -0.15) is 0 Å². The molecule has 16 nitrogen and oxygen atoms in total. The molecule has 0 saturated carbocycles. The lowest BCUT2D eigenvalue weighted by Gasteiger charge is -2.39. The number of imide groups is 1. The Balaban J connectivity index is 0.852. The molecule has 1 atom stereocenters. The number of fused-ring (bicyclic) bond motifs is 2. The fraction of sp³-hybridized carbons (Fsp3) is 0.531. The zero-order valence-electron chi connectivity index (χ0n) is 38.9. The number of hydrogen-bond acceptors (Lipinski definition) is 10. The zero-order chi connectivity index (χ0) is 47.8. The number of benzene rings is 2. The highest BCUT2D eigenvalue weighted by Crippen LogP contribution is 2.38. The van der Waals surface area contributed by atoms with Crippen LogP contribution in [0.25, 0.3) is 16.6 Å². The molecule has 360 valence electrons. The van der Waals surface area contributed by atoms with Gasteiger partial charge in [-0.3, -0.25) is 39.0 Å². The average molecular weight is 926 g/mol. The van der Waals surface area contributed by atoms with Crippen LogP contribution in [-0.4, -0.2) is 107 Å². The molecule has 1 unspecified atom stereocenters. The van der Waals surface area contributed by atoms with Crippen molar-refractivity contribution in [3.8, 4) is 0 Å². The lowest BCUT2D eigenvalue weighted by Crippen LogP contribution is -2.48. The van der Waals surface area contributed by atoms with Crippen LogP contribution in [0.2, 0.25) is 0 Å². The van der Waals surface area contributed by atoms with E-state index in [0.29, 0.717) is 85.3 Å². The molecule has 4 aliphatic rings. The summed E-state index contributed by atoms with van der Waals surface area (Å²) in [6.45, 7) is 4.79. The number of aromatic nitrogens is 2. The molecule has 18 heteroatoms. The number of anilines is 2. The molecule has 4 aliphatic heterocycles. The van der Waals surface area contributed by atoms with Crippen molar-refractivity contribution in [1.82, 2.24) is 34.9 Å². The van der Waals surface area contributed by atoms with E-state index in [2.05, 4.69) is 21.3 Å². The Kier molecular flexibility index (Phi) is 15.9. The molecular weight excluding hydrogens is 861 g/mol. The maximum Gasteiger partial charge on any atom is 0.329 e. The minimum Gasteiger partial charge on any atom is -0.393 e. The average Bonchev–Trinajstić information content (AvgIpc) is 3.56. The van der Waals surface area contributed by atoms with Crippen molar-refractivity contribution in [3.05, 3.63) is 75.0 Å². The highest BCUT2D eigenvalue weighted by atomic mass is 19.3. The number of aryl methyl sites for hydroxylation is 2. The number of unbranched alkanes of at least 4 members (excludes halogenated alkanes) is 5. The van der Waals surface area contributed by atoms with Crippen molar-refractivity contribution in [2.45, 2.75) is 115 Å². The predicted octanol–water partition coefficient (Wildman–Crippen LogP) is 6.12. The van der Waals surface area contributed by atoms with Crippen LogP contribution < -0.4 is 31.9 Å². The van der Waals surface area contributed by atoms with Gasteiger partial charge in [0.2, 0.25) is 23.6 Å². The Labute approximate surface area is 390 Å². The third kappa shape index (κ3) is 11.1. The normalized spacial score (nSPS) is 18.3. The van der Waals surface area contributed by atoms with Crippen LogP contribution in [0, 0.1) is 10.8 Å². The number of hydrogen-bond donors (Lipinski definition) is 6. The number of rotatable bonds is 18. The Bertz CT molecular complexity index is 2500. The van der Waals surface area contributed by atoms with Gasteiger partial charge in [0.25, 0.3) is 6.43 Å². The molecular formula is C49H65F2N11O5. The summed E-state index contributed by atoms with van der Waals surface area (Å²) in [5.74, 6) is -0.499. The van der Waals surface area contributed by atoms with Gasteiger partial charge in [-0.25, -0.2) is 13.6 Å². The number of carbonyl (C=O) groups is 4. The van der Waals surface area contributed by atoms with Gasteiger partial charge >= 0.3 is 5.69 Å². The molecule has 4 amide bonds. The molecule has 0 bridgehead atoms. The van der Waals surface area contributed by atoms with E-state index in [1.165, 1.54) is 28.3 Å². The summed E-state index contributed by atoms with van der Waals surface area (Å²) in [5, 5.41) is 29.7. The number of alkyl halides is 2. The predicted molar refractivity (Wildman–Crippen MR) is 257 cm³/mol. The number of halogens is 2. The number of likely N-dealkylation sites (tertiary alicyclic amines) is 1. The smallest absolute Gasteiger partial charge is 0.329 e. The van der Waals surface area contributed by atoms with Gasteiger partial charge in [0.05, 0.1) is 17.6 Å². The number of piperidine rings is 2. The third-order valence-corrected chi connectivity index (χ3v) is 13.7. The molecule has 7 rings (SSSR count). The minimum absolute atomic E-state index is 0.0870. The second-order valence-electron chi connectivity index (χ2n) is 18.1. The van der Waals surface area contributed by atoms with Crippen molar-refractivity contribution < 1.29 is 28.0 Å². The highest BCUT2D eigenvalue weighted by Gasteiger charge is 2.34. The van der Waals surface area contributed by atoms with Crippen LogP contribution in [0.5, 0.6) is 0 Å². The van der Waals surface area contributed by atoms with E-state index in [0.717, 1.165) is 87.5 Å². The molecule has 5 heterocycles. The largest absolute Gasteiger partial charge is 0.393 e. The van der Waals surface area contributed by atoms with Crippen LogP contribution in [-0.2, 0) is 32.6 Å². The molecule has 3 aromatic rings. The molecule has 67 heavy (non-hydrogen) atoms. The third-order valence-electron chi connectivity index (χ3n) is 13.7. The van der Waals surface area contributed by atoms with Crippen molar-refractivity contribution in [2.75, 3.05) is 56.5 Å². The fourth-order valence-corrected chi connectivity index (χ4v) is 9.96. The van der Waals surface area contributed by atoms with Gasteiger partial charge in [0.1, 0.15) is 11.9 Å². The summed E-state index contributed by atoms with van der Waals surface area (Å²) in [6, 6.07) is 8.24. The van der Waals surface area contributed by atoms with Gasteiger partial charge < -0.3 is 36.1 Å². The number of amides is 4. The second kappa shape index (κ2) is 22.0. The first-order valence-electron chi connectivity index (χ1n) is 23.8. The van der Waals surface area contributed by atoms with E-state index >= 15 is 0 Å². The van der Waals surface area contributed by atoms with Crippen LogP contribution in [0.4, 0.5) is 20.2 Å². The zero-order valence-corrected chi connectivity index (χ0v) is 38.9.